The monoisotopic (exact) mass is 641 g/mol. The molecule has 0 amide bonds. The number of fused-ring (bicyclic) bond motifs is 2. The number of rotatable bonds is 6. The van der Waals surface area contributed by atoms with Gasteiger partial charge in [0.25, 0.3) is 0 Å². The molecular formula is C46H31N3O. The number of oxazole rings is 1. The van der Waals surface area contributed by atoms with Crippen molar-refractivity contribution in [2.45, 2.75) is 6.92 Å². The number of benzene rings is 7. The van der Waals surface area contributed by atoms with E-state index in [9.17, 15) is 0 Å². The average molecular weight is 642 g/mol. The average Bonchev–Trinajstić information content (AvgIpc) is 3.58. The van der Waals surface area contributed by atoms with Crippen LogP contribution in [0.15, 0.2) is 174 Å². The lowest BCUT2D eigenvalue weighted by molar-refractivity contribution is 0.561. The van der Waals surface area contributed by atoms with Gasteiger partial charge in [-0.05, 0) is 56.8 Å². The van der Waals surface area contributed by atoms with Gasteiger partial charge in [0, 0.05) is 29.2 Å². The standard InChI is InChI=1S/C46H31N3O/c1-30-47-45-40(20-11-21-43(45)50-30)37-18-10-17-36(28-37)39-27-26-31-12-8-9-19-38(31)44(39)34-24-22-33(23-25-34)42-29-41(32-13-4-2-5-14-32)48-46(49-42)35-15-6-3-7-16-35/h2-29H,1H3. The summed E-state index contributed by atoms with van der Waals surface area (Å²) in [5, 5.41) is 2.40. The second-order valence-electron chi connectivity index (χ2n) is 12.4. The van der Waals surface area contributed by atoms with Crippen molar-refractivity contribution in [3.8, 4) is 67.3 Å². The van der Waals surface area contributed by atoms with Crippen molar-refractivity contribution >= 4 is 21.9 Å². The van der Waals surface area contributed by atoms with Crippen LogP contribution in [0.3, 0.4) is 0 Å². The molecule has 2 heterocycles. The highest BCUT2D eigenvalue weighted by Gasteiger charge is 2.16. The quantitative estimate of drug-likeness (QED) is 0.181. The van der Waals surface area contributed by atoms with Crippen LogP contribution in [0.1, 0.15) is 5.89 Å². The summed E-state index contributed by atoms with van der Waals surface area (Å²) in [6, 6.07) is 59.3. The molecule has 4 nitrogen and oxygen atoms in total. The first-order chi connectivity index (χ1) is 24.7. The molecule has 0 aliphatic carbocycles. The lowest BCUT2D eigenvalue weighted by Crippen LogP contribution is -1.96. The minimum atomic E-state index is 0.665. The Bertz CT molecular complexity index is 2590. The molecule has 0 fully saturated rings. The van der Waals surface area contributed by atoms with Crippen LogP contribution in [-0.4, -0.2) is 15.0 Å². The molecule has 9 rings (SSSR count). The Morgan fingerprint density at radius 1 is 0.420 bits per heavy atom. The van der Waals surface area contributed by atoms with E-state index in [0.717, 1.165) is 61.4 Å². The molecule has 0 N–H and O–H groups in total. The lowest BCUT2D eigenvalue weighted by atomic mass is 9.88. The van der Waals surface area contributed by atoms with Gasteiger partial charge in [-0.2, -0.15) is 0 Å². The van der Waals surface area contributed by atoms with E-state index in [1.54, 1.807) is 0 Å². The normalized spacial score (nSPS) is 11.3. The Labute approximate surface area is 290 Å². The van der Waals surface area contributed by atoms with E-state index in [1.807, 2.05) is 55.5 Å². The summed E-state index contributed by atoms with van der Waals surface area (Å²) in [5.74, 6) is 1.37. The van der Waals surface area contributed by atoms with E-state index in [2.05, 4.69) is 121 Å². The van der Waals surface area contributed by atoms with Gasteiger partial charge >= 0.3 is 0 Å². The van der Waals surface area contributed by atoms with Crippen molar-refractivity contribution in [3.63, 3.8) is 0 Å². The Kier molecular flexibility index (Phi) is 7.33. The van der Waals surface area contributed by atoms with Crippen LogP contribution in [-0.2, 0) is 0 Å². The molecule has 9 aromatic rings. The topological polar surface area (TPSA) is 51.8 Å². The highest BCUT2D eigenvalue weighted by Crippen LogP contribution is 2.41. The summed E-state index contributed by atoms with van der Waals surface area (Å²) in [4.78, 5) is 14.7. The first-order valence-corrected chi connectivity index (χ1v) is 16.8. The fraction of sp³-hybridized carbons (Fsp3) is 0.0217. The van der Waals surface area contributed by atoms with Crippen LogP contribution in [0.25, 0.3) is 89.2 Å². The van der Waals surface area contributed by atoms with Gasteiger partial charge in [0.1, 0.15) is 5.52 Å². The Morgan fingerprint density at radius 2 is 1.02 bits per heavy atom. The highest BCUT2D eigenvalue weighted by atomic mass is 16.3. The molecule has 0 bridgehead atoms. The van der Waals surface area contributed by atoms with Gasteiger partial charge in [-0.25, -0.2) is 15.0 Å². The molecule has 2 aromatic heterocycles. The van der Waals surface area contributed by atoms with Crippen LogP contribution < -0.4 is 0 Å². The molecule has 50 heavy (non-hydrogen) atoms. The maximum absolute atomic E-state index is 5.85. The van der Waals surface area contributed by atoms with Crippen molar-refractivity contribution in [1.82, 2.24) is 15.0 Å². The van der Waals surface area contributed by atoms with Gasteiger partial charge in [-0.3, -0.25) is 0 Å². The Hall–Kier alpha value is -6.65. The molecule has 236 valence electrons. The van der Waals surface area contributed by atoms with Crippen molar-refractivity contribution in [2.24, 2.45) is 0 Å². The molecule has 0 radical (unpaired) electrons. The van der Waals surface area contributed by atoms with E-state index in [4.69, 9.17) is 19.4 Å². The van der Waals surface area contributed by atoms with Gasteiger partial charge in [0.15, 0.2) is 17.3 Å². The van der Waals surface area contributed by atoms with Gasteiger partial charge in [-0.1, -0.05) is 152 Å². The third-order valence-electron chi connectivity index (χ3n) is 9.24. The minimum Gasteiger partial charge on any atom is -0.441 e. The van der Waals surface area contributed by atoms with Crippen LogP contribution >= 0.6 is 0 Å². The summed E-state index contributed by atoms with van der Waals surface area (Å²) >= 11 is 0. The zero-order chi connectivity index (χ0) is 33.4. The van der Waals surface area contributed by atoms with Crippen molar-refractivity contribution in [2.75, 3.05) is 0 Å². The molecule has 0 atom stereocenters. The molecule has 0 saturated carbocycles. The predicted molar refractivity (Wildman–Crippen MR) is 204 cm³/mol. The van der Waals surface area contributed by atoms with Gasteiger partial charge in [-0.15, -0.1) is 0 Å². The van der Waals surface area contributed by atoms with E-state index < -0.39 is 0 Å². The first kappa shape index (κ1) is 29.5. The maximum Gasteiger partial charge on any atom is 0.192 e. The van der Waals surface area contributed by atoms with Crippen molar-refractivity contribution in [3.05, 3.63) is 176 Å². The number of aryl methyl sites for hydroxylation is 1. The molecule has 0 spiro atoms. The van der Waals surface area contributed by atoms with Gasteiger partial charge in [0.2, 0.25) is 0 Å². The summed E-state index contributed by atoms with van der Waals surface area (Å²) in [6.45, 7) is 1.89. The fourth-order valence-corrected chi connectivity index (χ4v) is 6.85. The summed E-state index contributed by atoms with van der Waals surface area (Å²) < 4.78 is 5.85. The van der Waals surface area contributed by atoms with E-state index >= 15 is 0 Å². The van der Waals surface area contributed by atoms with Crippen LogP contribution in [0.5, 0.6) is 0 Å². The number of nitrogens with zero attached hydrogens (tertiary/aromatic N) is 3. The number of para-hydroxylation sites is 1. The predicted octanol–water partition coefficient (Wildman–Crippen LogP) is 12.1. The third-order valence-corrected chi connectivity index (χ3v) is 9.24. The molecule has 7 aromatic carbocycles. The Balaban J connectivity index is 1.17. The molecular weight excluding hydrogens is 611 g/mol. The molecule has 0 aliphatic heterocycles. The second-order valence-corrected chi connectivity index (χ2v) is 12.4. The number of aromatic nitrogens is 3. The molecule has 4 heteroatoms. The van der Waals surface area contributed by atoms with Crippen molar-refractivity contribution < 1.29 is 4.42 Å². The molecule has 0 unspecified atom stereocenters. The fourth-order valence-electron chi connectivity index (χ4n) is 6.85. The van der Waals surface area contributed by atoms with E-state index in [0.29, 0.717) is 11.7 Å². The Morgan fingerprint density at radius 3 is 1.78 bits per heavy atom. The summed E-state index contributed by atoms with van der Waals surface area (Å²) in [5.41, 5.74) is 13.3. The van der Waals surface area contributed by atoms with E-state index in [1.165, 1.54) is 21.9 Å². The minimum absolute atomic E-state index is 0.665. The third kappa shape index (κ3) is 5.43. The second kappa shape index (κ2) is 12.4. The lowest BCUT2D eigenvalue weighted by Gasteiger charge is -2.16. The zero-order valence-electron chi connectivity index (χ0n) is 27.4. The van der Waals surface area contributed by atoms with Crippen LogP contribution in [0.2, 0.25) is 0 Å². The number of hydrogen-bond donors (Lipinski definition) is 0. The van der Waals surface area contributed by atoms with Gasteiger partial charge < -0.3 is 4.42 Å². The zero-order valence-corrected chi connectivity index (χ0v) is 27.4. The van der Waals surface area contributed by atoms with Crippen molar-refractivity contribution in [1.29, 1.82) is 0 Å². The van der Waals surface area contributed by atoms with Crippen LogP contribution in [0, 0.1) is 6.92 Å². The molecule has 0 saturated heterocycles. The smallest absolute Gasteiger partial charge is 0.192 e. The summed E-state index contributed by atoms with van der Waals surface area (Å²) in [6.07, 6.45) is 0. The van der Waals surface area contributed by atoms with E-state index in [-0.39, 0.29) is 0 Å². The van der Waals surface area contributed by atoms with Crippen LogP contribution in [0.4, 0.5) is 0 Å². The largest absolute Gasteiger partial charge is 0.441 e. The summed E-state index contributed by atoms with van der Waals surface area (Å²) in [7, 11) is 0. The maximum atomic E-state index is 5.85. The highest BCUT2D eigenvalue weighted by molar-refractivity contribution is 6.05. The molecule has 0 aliphatic rings. The number of hydrogen-bond acceptors (Lipinski definition) is 4. The SMILES string of the molecule is Cc1nc2c(-c3cccc(-c4ccc5ccccc5c4-c4ccc(-c5cc(-c6ccccc6)nc(-c6ccccc6)n5)cc4)c3)cccc2o1. The first-order valence-electron chi connectivity index (χ1n) is 16.8. The van der Waals surface area contributed by atoms with Gasteiger partial charge in [0.05, 0.1) is 11.4 Å².